The summed E-state index contributed by atoms with van der Waals surface area (Å²) >= 11 is 1.68. The van der Waals surface area contributed by atoms with Gasteiger partial charge in [-0.05, 0) is 42.7 Å². The zero-order valence-electron chi connectivity index (χ0n) is 10.0. The lowest BCUT2D eigenvalue weighted by Crippen LogP contribution is -2.00. The number of halogens is 1. The zero-order valence-corrected chi connectivity index (χ0v) is 10.8. The number of nitrogen functional groups attached to an aromatic ring is 1. The number of hydrogen-bond donors (Lipinski definition) is 1. The first-order valence-electron chi connectivity index (χ1n) is 5.50. The standard InChI is InChI=1S/C14H14FNOS/c1-18-13-6-4-12(5-7-13)17-9-10-2-3-11(15)8-14(10)16/h2-8H,9,16H2,1H3. The molecule has 0 atom stereocenters. The Morgan fingerprint density at radius 3 is 2.50 bits per heavy atom. The third-order valence-corrected chi connectivity index (χ3v) is 3.31. The largest absolute Gasteiger partial charge is 0.489 e. The molecule has 2 aromatic rings. The number of rotatable bonds is 4. The van der Waals surface area contributed by atoms with Crippen molar-refractivity contribution >= 4 is 17.4 Å². The molecule has 0 aliphatic heterocycles. The van der Waals surface area contributed by atoms with Crippen LogP contribution >= 0.6 is 11.8 Å². The van der Waals surface area contributed by atoms with Crippen LogP contribution < -0.4 is 10.5 Å². The van der Waals surface area contributed by atoms with Crippen LogP contribution in [0.25, 0.3) is 0 Å². The molecule has 0 heterocycles. The van der Waals surface area contributed by atoms with Gasteiger partial charge in [-0.25, -0.2) is 4.39 Å². The zero-order chi connectivity index (χ0) is 13.0. The quantitative estimate of drug-likeness (QED) is 0.674. The van der Waals surface area contributed by atoms with Gasteiger partial charge in [0.15, 0.2) is 0 Å². The van der Waals surface area contributed by atoms with Gasteiger partial charge in [-0.3, -0.25) is 0 Å². The van der Waals surface area contributed by atoms with Crippen molar-refractivity contribution < 1.29 is 9.13 Å². The van der Waals surface area contributed by atoms with Gasteiger partial charge in [-0.15, -0.1) is 11.8 Å². The Balaban J connectivity index is 2.02. The van der Waals surface area contributed by atoms with Crippen molar-refractivity contribution in [2.24, 2.45) is 0 Å². The molecule has 0 aromatic heterocycles. The molecule has 0 amide bonds. The molecule has 0 saturated carbocycles. The second-order valence-corrected chi connectivity index (χ2v) is 4.69. The highest BCUT2D eigenvalue weighted by atomic mass is 32.2. The summed E-state index contributed by atoms with van der Waals surface area (Å²) in [7, 11) is 0. The molecule has 0 aliphatic rings. The molecule has 4 heteroatoms. The van der Waals surface area contributed by atoms with E-state index in [2.05, 4.69) is 0 Å². The lowest BCUT2D eigenvalue weighted by atomic mass is 10.2. The Morgan fingerprint density at radius 2 is 1.89 bits per heavy atom. The van der Waals surface area contributed by atoms with Crippen molar-refractivity contribution in [1.29, 1.82) is 0 Å². The molecule has 0 bridgehead atoms. The molecule has 2 nitrogen and oxygen atoms in total. The van der Waals surface area contributed by atoms with E-state index >= 15 is 0 Å². The van der Waals surface area contributed by atoms with Gasteiger partial charge in [0.2, 0.25) is 0 Å². The molecule has 94 valence electrons. The van der Waals surface area contributed by atoms with E-state index < -0.39 is 0 Å². The third-order valence-electron chi connectivity index (χ3n) is 2.56. The van der Waals surface area contributed by atoms with Crippen molar-refractivity contribution in [3.63, 3.8) is 0 Å². The molecule has 0 fully saturated rings. The normalized spacial score (nSPS) is 10.3. The van der Waals surface area contributed by atoms with Crippen molar-refractivity contribution in [3.05, 3.63) is 53.8 Å². The maximum Gasteiger partial charge on any atom is 0.125 e. The fourth-order valence-corrected chi connectivity index (χ4v) is 1.94. The van der Waals surface area contributed by atoms with E-state index in [1.54, 1.807) is 17.8 Å². The van der Waals surface area contributed by atoms with Crippen LogP contribution in [0.3, 0.4) is 0 Å². The summed E-state index contributed by atoms with van der Waals surface area (Å²) < 4.78 is 18.5. The van der Waals surface area contributed by atoms with Crippen LogP contribution in [0.5, 0.6) is 5.75 Å². The smallest absolute Gasteiger partial charge is 0.125 e. The van der Waals surface area contributed by atoms with Crippen molar-refractivity contribution in [2.75, 3.05) is 12.0 Å². The second kappa shape index (κ2) is 5.78. The lowest BCUT2D eigenvalue weighted by molar-refractivity contribution is 0.306. The van der Waals surface area contributed by atoms with Gasteiger partial charge in [-0.2, -0.15) is 0 Å². The molecule has 2 aromatic carbocycles. The summed E-state index contributed by atoms with van der Waals surface area (Å²) in [5, 5.41) is 0. The molecule has 0 unspecified atom stereocenters. The fraction of sp³-hybridized carbons (Fsp3) is 0.143. The molecule has 0 aliphatic carbocycles. The van der Waals surface area contributed by atoms with Gasteiger partial charge < -0.3 is 10.5 Å². The predicted molar refractivity (Wildman–Crippen MR) is 73.4 cm³/mol. The molecular weight excluding hydrogens is 249 g/mol. The predicted octanol–water partition coefficient (Wildman–Crippen LogP) is 3.71. The van der Waals surface area contributed by atoms with Crippen molar-refractivity contribution in [1.82, 2.24) is 0 Å². The number of hydrogen-bond acceptors (Lipinski definition) is 3. The van der Waals surface area contributed by atoms with Crippen LogP contribution in [0.2, 0.25) is 0 Å². The number of benzene rings is 2. The van der Waals surface area contributed by atoms with Gasteiger partial charge >= 0.3 is 0 Å². The molecule has 2 rings (SSSR count). The van der Waals surface area contributed by atoms with E-state index in [4.69, 9.17) is 10.5 Å². The second-order valence-electron chi connectivity index (χ2n) is 3.81. The van der Waals surface area contributed by atoms with E-state index in [0.717, 1.165) is 11.3 Å². The third kappa shape index (κ3) is 3.17. The number of nitrogens with two attached hydrogens (primary N) is 1. The van der Waals surface area contributed by atoms with Crippen molar-refractivity contribution in [2.45, 2.75) is 11.5 Å². The first-order chi connectivity index (χ1) is 8.69. The summed E-state index contributed by atoms with van der Waals surface area (Å²) in [5.41, 5.74) is 6.90. The van der Waals surface area contributed by atoms with E-state index in [1.807, 2.05) is 30.5 Å². The van der Waals surface area contributed by atoms with E-state index in [-0.39, 0.29) is 5.82 Å². The maximum atomic E-state index is 12.9. The summed E-state index contributed by atoms with van der Waals surface area (Å²) in [4.78, 5) is 1.18. The van der Waals surface area contributed by atoms with E-state index in [0.29, 0.717) is 12.3 Å². The molecule has 0 radical (unpaired) electrons. The SMILES string of the molecule is CSc1ccc(OCc2ccc(F)cc2N)cc1. The molecule has 18 heavy (non-hydrogen) atoms. The Hall–Kier alpha value is -1.68. The highest BCUT2D eigenvalue weighted by molar-refractivity contribution is 7.98. The van der Waals surface area contributed by atoms with E-state index in [1.165, 1.54) is 17.0 Å². The summed E-state index contributed by atoms with van der Waals surface area (Å²) in [6.45, 7) is 0.338. The monoisotopic (exact) mass is 263 g/mol. The number of anilines is 1. The summed E-state index contributed by atoms with van der Waals surface area (Å²) in [5.74, 6) is 0.442. The first kappa shape index (κ1) is 12.8. The number of ether oxygens (including phenoxy) is 1. The van der Waals surface area contributed by atoms with Crippen LogP contribution in [-0.4, -0.2) is 6.26 Å². The summed E-state index contributed by atoms with van der Waals surface area (Å²) in [6, 6.07) is 12.1. The Morgan fingerprint density at radius 1 is 1.17 bits per heavy atom. The lowest BCUT2D eigenvalue weighted by Gasteiger charge is -2.09. The minimum atomic E-state index is -0.333. The summed E-state index contributed by atoms with van der Waals surface area (Å²) in [6.07, 6.45) is 2.02. The first-order valence-corrected chi connectivity index (χ1v) is 6.72. The fourth-order valence-electron chi connectivity index (χ4n) is 1.53. The minimum Gasteiger partial charge on any atom is -0.489 e. The average molecular weight is 263 g/mol. The van der Waals surface area contributed by atoms with Crippen LogP contribution in [0.15, 0.2) is 47.4 Å². The van der Waals surface area contributed by atoms with Crippen LogP contribution in [0.1, 0.15) is 5.56 Å². The Labute approximate surface area is 110 Å². The van der Waals surface area contributed by atoms with Crippen LogP contribution in [-0.2, 0) is 6.61 Å². The minimum absolute atomic E-state index is 0.333. The Bertz CT molecular complexity index is 528. The molecule has 0 saturated heterocycles. The highest BCUT2D eigenvalue weighted by Crippen LogP contribution is 2.21. The molecular formula is C14H14FNOS. The van der Waals surface area contributed by atoms with Crippen LogP contribution in [0.4, 0.5) is 10.1 Å². The number of thioether (sulfide) groups is 1. The molecule has 0 spiro atoms. The van der Waals surface area contributed by atoms with Gasteiger partial charge in [0.25, 0.3) is 0 Å². The molecule has 2 N–H and O–H groups in total. The van der Waals surface area contributed by atoms with Crippen molar-refractivity contribution in [3.8, 4) is 5.75 Å². The maximum absolute atomic E-state index is 12.9. The van der Waals surface area contributed by atoms with Crippen LogP contribution in [0, 0.1) is 5.82 Å². The highest BCUT2D eigenvalue weighted by Gasteiger charge is 2.02. The average Bonchev–Trinajstić information content (AvgIpc) is 2.38. The van der Waals surface area contributed by atoms with Gasteiger partial charge in [0.05, 0.1) is 0 Å². The van der Waals surface area contributed by atoms with Gasteiger partial charge in [-0.1, -0.05) is 6.07 Å². The van der Waals surface area contributed by atoms with E-state index in [9.17, 15) is 4.39 Å². The van der Waals surface area contributed by atoms with Gasteiger partial charge in [0.1, 0.15) is 18.2 Å². The Kier molecular flexibility index (Phi) is 4.10. The van der Waals surface area contributed by atoms with Gasteiger partial charge in [0, 0.05) is 16.1 Å². The topological polar surface area (TPSA) is 35.2 Å².